The molecule has 2 unspecified atom stereocenters. The second-order valence-electron chi connectivity index (χ2n) is 5.53. The van der Waals surface area contributed by atoms with E-state index in [-0.39, 0.29) is 12.1 Å². The third kappa shape index (κ3) is 3.57. The van der Waals surface area contributed by atoms with Crippen molar-refractivity contribution in [2.24, 2.45) is 13.0 Å². The maximum atomic E-state index is 6.10. The van der Waals surface area contributed by atoms with E-state index in [2.05, 4.69) is 23.5 Å². The van der Waals surface area contributed by atoms with Gasteiger partial charge in [0.05, 0.1) is 18.3 Å². The van der Waals surface area contributed by atoms with Crippen LogP contribution in [0.5, 0.6) is 0 Å². The van der Waals surface area contributed by atoms with Crippen molar-refractivity contribution in [1.29, 1.82) is 0 Å². The SMILES string of the molecule is CCOC(C1CCCCC1)C(NC)c1cnn(C)c1. The average molecular weight is 265 g/mol. The lowest BCUT2D eigenvalue weighted by Crippen LogP contribution is -2.38. The molecule has 1 heterocycles. The van der Waals surface area contributed by atoms with Gasteiger partial charge in [-0.15, -0.1) is 0 Å². The number of aromatic nitrogens is 2. The van der Waals surface area contributed by atoms with Crippen molar-refractivity contribution >= 4 is 0 Å². The van der Waals surface area contributed by atoms with E-state index in [0.29, 0.717) is 5.92 Å². The van der Waals surface area contributed by atoms with Gasteiger partial charge in [-0.3, -0.25) is 4.68 Å². The van der Waals surface area contributed by atoms with Crippen molar-refractivity contribution in [2.45, 2.75) is 51.2 Å². The van der Waals surface area contributed by atoms with Gasteiger partial charge in [-0.1, -0.05) is 19.3 Å². The first-order chi connectivity index (χ1) is 9.26. The lowest BCUT2D eigenvalue weighted by atomic mass is 9.81. The van der Waals surface area contributed by atoms with Gasteiger partial charge in [-0.2, -0.15) is 5.10 Å². The van der Waals surface area contributed by atoms with Crippen LogP contribution in [0.15, 0.2) is 12.4 Å². The molecule has 1 aromatic rings. The van der Waals surface area contributed by atoms with Crippen LogP contribution in [0.3, 0.4) is 0 Å². The molecular weight excluding hydrogens is 238 g/mol. The fraction of sp³-hybridized carbons (Fsp3) is 0.800. The Labute approximate surface area is 116 Å². The first-order valence-electron chi connectivity index (χ1n) is 7.53. The van der Waals surface area contributed by atoms with E-state index in [9.17, 15) is 0 Å². The molecule has 0 radical (unpaired) electrons. The predicted molar refractivity (Wildman–Crippen MR) is 77.0 cm³/mol. The van der Waals surface area contributed by atoms with Gasteiger partial charge in [-0.05, 0) is 32.7 Å². The zero-order valence-corrected chi connectivity index (χ0v) is 12.4. The van der Waals surface area contributed by atoms with Gasteiger partial charge >= 0.3 is 0 Å². The Bertz CT molecular complexity index is 371. The Hall–Kier alpha value is -0.870. The summed E-state index contributed by atoms with van der Waals surface area (Å²) in [5.41, 5.74) is 1.23. The average Bonchev–Trinajstić information content (AvgIpc) is 2.86. The molecular formula is C15H27N3O. The molecule has 4 nitrogen and oxygen atoms in total. The maximum Gasteiger partial charge on any atom is 0.0798 e. The Morgan fingerprint density at radius 1 is 1.42 bits per heavy atom. The number of nitrogens with zero attached hydrogens (tertiary/aromatic N) is 2. The van der Waals surface area contributed by atoms with Gasteiger partial charge in [0.25, 0.3) is 0 Å². The van der Waals surface area contributed by atoms with E-state index in [1.54, 1.807) is 0 Å². The quantitative estimate of drug-likeness (QED) is 0.859. The fourth-order valence-corrected chi connectivity index (χ4v) is 3.28. The largest absolute Gasteiger partial charge is 0.376 e. The highest BCUT2D eigenvalue weighted by molar-refractivity contribution is 5.13. The summed E-state index contributed by atoms with van der Waals surface area (Å²) in [5.74, 6) is 0.673. The molecule has 19 heavy (non-hydrogen) atoms. The molecule has 2 rings (SSSR count). The molecule has 1 N–H and O–H groups in total. The van der Waals surface area contributed by atoms with Gasteiger partial charge in [-0.25, -0.2) is 0 Å². The summed E-state index contributed by atoms with van der Waals surface area (Å²) >= 11 is 0. The summed E-state index contributed by atoms with van der Waals surface area (Å²) in [6, 6.07) is 0.247. The molecule has 0 aliphatic heterocycles. The first kappa shape index (κ1) is 14.5. The molecule has 0 aromatic carbocycles. The van der Waals surface area contributed by atoms with Gasteiger partial charge in [0, 0.05) is 25.4 Å². The zero-order chi connectivity index (χ0) is 13.7. The van der Waals surface area contributed by atoms with Crippen LogP contribution in [-0.2, 0) is 11.8 Å². The van der Waals surface area contributed by atoms with Crippen molar-refractivity contribution in [3.8, 4) is 0 Å². The maximum absolute atomic E-state index is 6.10. The van der Waals surface area contributed by atoms with E-state index in [4.69, 9.17) is 4.74 Å². The molecule has 1 saturated carbocycles. The van der Waals surface area contributed by atoms with Gasteiger partial charge in [0.15, 0.2) is 0 Å². The molecule has 1 aromatic heterocycles. The molecule has 0 spiro atoms. The minimum Gasteiger partial charge on any atom is -0.376 e. The van der Waals surface area contributed by atoms with Gasteiger partial charge < -0.3 is 10.1 Å². The van der Waals surface area contributed by atoms with Crippen LogP contribution in [0.1, 0.15) is 50.6 Å². The second-order valence-corrected chi connectivity index (χ2v) is 5.53. The number of nitrogens with one attached hydrogen (secondary N) is 1. The number of ether oxygens (including phenoxy) is 1. The Morgan fingerprint density at radius 2 is 2.16 bits per heavy atom. The smallest absolute Gasteiger partial charge is 0.0798 e. The number of rotatable bonds is 6. The second kappa shape index (κ2) is 7.06. The standard InChI is InChI=1S/C15H27N3O/c1-4-19-15(12-8-6-5-7-9-12)14(16-2)13-10-17-18(3)11-13/h10-12,14-16H,4-9H2,1-3H3. The van der Waals surface area contributed by atoms with Crippen LogP contribution in [0, 0.1) is 5.92 Å². The molecule has 108 valence electrons. The highest BCUT2D eigenvalue weighted by Gasteiger charge is 2.31. The predicted octanol–water partition coefficient (Wildman–Crippen LogP) is 2.67. The first-order valence-corrected chi connectivity index (χ1v) is 7.53. The third-order valence-electron chi connectivity index (χ3n) is 4.20. The summed E-state index contributed by atoms with van der Waals surface area (Å²) in [7, 11) is 3.99. The van der Waals surface area contributed by atoms with Crippen LogP contribution in [0.2, 0.25) is 0 Å². The summed E-state index contributed by atoms with van der Waals surface area (Å²) in [4.78, 5) is 0. The number of aryl methyl sites for hydroxylation is 1. The highest BCUT2D eigenvalue weighted by atomic mass is 16.5. The van der Waals surface area contributed by atoms with Gasteiger partial charge in [0.2, 0.25) is 0 Å². The minimum atomic E-state index is 0.247. The fourth-order valence-electron chi connectivity index (χ4n) is 3.28. The summed E-state index contributed by atoms with van der Waals surface area (Å²) < 4.78 is 7.96. The van der Waals surface area contributed by atoms with Crippen molar-refractivity contribution in [1.82, 2.24) is 15.1 Å². The molecule has 0 saturated heterocycles. The van der Waals surface area contributed by atoms with Crippen molar-refractivity contribution in [3.63, 3.8) is 0 Å². The Balaban J connectivity index is 2.14. The summed E-state index contributed by atoms with van der Waals surface area (Å²) in [6.45, 7) is 2.87. The monoisotopic (exact) mass is 265 g/mol. The zero-order valence-electron chi connectivity index (χ0n) is 12.4. The molecule has 1 fully saturated rings. The van der Waals surface area contributed by atoms with E-state index < -0.39 is 0 Å². The molecule has 0 amide bonds. The lowest BCUT2D eigenvalue weighted by Gasteiger charge is -2.35. The van der Waals surface area contributed by atoms with Crippen molar-refractivity contribution < 1.29 is 4.74 Å². The van der Waals surface area contributed by atoms with Crippen LogP contribution in [0.25, 0.3) is 0 Å². The highest BCUT2D eigenvalue weighted by Crippen LogP contribution is 2.34. The summed E-state index contributed by atoms with van der Waals surface area (Å²) in [5, 5.41) is 7.73. The molecule has 2 atom stereocenters. The molecule has 4 heteroatoms. The number of hydrogen-bond donors (Lipinski definition) is 1. The Kier molecular flexibility index (Phi) is 5.40. The van der Waals surface area contributed by atoms with E-state index >= 15 is 0 Å². The number of likely N-dealkylation sites (N-methyl/N-ethyl adjacent to an activating group) is 1. The topological polar surface area (TPSA) is 39.1 Å². The molecule has 0 bridgehead atoms. The Morgan fingerprint density at radius 3 is 2.68 bits per heavy atom. The summed E-state index contributed by atoms with van der Waals surface area (Å²) in [6.07, 6.45) is 11.0. The van der Waals surface area contributed by atoms with E-state index in [1.807, 2.05) is 25.0 Å². The number of hydrogen-bond acceptors (Lipinski definition) is 3. The van der Waals surface area contributed by atoms with Crippen molar-refractivity contribution in [2.75, 3.05) is 13.7 Å². The third-order valence-corrected chi connectivity index (χ3v) is 4.20. The van der Waals surface area contributed by atoms with E-state index in [0.717, 1.165) is 6.61 Å². The van der Waals surface area contributed by atoms with Crippen LogP contribution in [-0.4, -0.2) is 29.5 Å². The minimum absolute atomic E-state index is 0.247. The van der Waals surface area contributed by atoms with Crippen molar-refractivity contribution in [3.05, 3.63) is 18.0 Å². The van der Waals surface area contributed by atoms with Crippen LogP contribution < -0.4 is 5.32 Å². The lowest BCUT2D eigenvalue weighted by molar-refractivity contribution is -0.0167. The van der Waals surface area contributed by atoms with E-state index in [1.165, 1.54) is 37.7 Å². The van der Waals surface area contributed by atoms with Crippen LogP contribution >= 0.6 is 0 Å². The van der Waals surface area contributed by atoms with Gasteiger partial charge in [0.1, 0.15) is 0 Å². The van der Waals surface area contributed by atoms with Crippen LogP contribution in [0.4, 0.5) is 0 Å². The molecule has 1 aliphatic rings. The normalized spacial score (nSPS) is 20.4. The molecule has 1 aliphatic carbocycles.